The minimum Gasteiger partial charge on any atom is -0.482 e. The predicted molar refractivity (Wildman–Crippen MR) is 99.1 cm³/mol. The second-order valence-corrected chi connectivity index (χ2v) is 6.20. The molecule has 0 aliphatic heterocycles. The summed E-state index contributed by atoms with van der Waals surface area (Å²) in [5.74, 6) is -1.000. The Hall–Kier alpha value is -2.87. The van der Waals surface area contributed by atoms with E-state index in [0.717, 1.165) is 11.1 Å². The number of aryl methyl sites for hydroxylation is 2. The van der Waals surface area contributed by atoms with E-state index in [4.69, 9.17) is 21.1 Å². The number of ether oxygens (including phenoxy) is 3. The molecule has 1 amide bonds. The molecule has 0 fully saturated rings. The van der Waals surface area contributed by atoms with E-state index in [0.29, 0.717) is 5.75 Å². The summed E-state index contributed by atoms with van der Waals surface area (Å²) < 4.78 is 38.8. The topological polar surface area (TPSA) is 73.9 Å². The molecule has 0 atom stereocenters. The lowest BCUT2D eigenvalue weighted by Crippen LogP contribution is -2.23. The van der Waals surface area contributed by atoms with Crippen molar-refractivity contribution in [2.75, 3.05) is 18.5 Å². The maximum absolute atomic E-state index is 12.2. The Bertz CT molecular complexity index is 860. The van der Waals surface area contributed by atoms with Gasteiger partial charge in [-0.15, -0.1) is 0 Å². The Kier molecular flexibility index (Phi) is 7.57. The number of benzene rings is 2. The van der Waals surface area contributed by atoms with Crippen molar-refractivity contribution in [1.29, 1.82) is 0 Å². The van der Waals surface area contributed by atoms with Crippen molar-refractivity contribution in [3.05, 3.63) is 52.5 Å². The maximum Gasteiger partial charge on any atom is 0.387 e. The van der Waals surface area contributed by atoms with Gasteiger partial charge in [-0.2, -0.15) is 8.78 Å². The monoisotopic (exact) mass is 413 g/mol. The van der Waals surface area contributed by atoms with Gasteiger partial charge in [0.25, 0.3) is 5.91 Å². The molecule has 6 nitrogen and oxygen atoms in total. The SMILES string of the molecule is Cc1ccc(C)c(OCC(=O)OCC(=O)Nc2ccc(OC(F)F)c(Cl)c2)c1. The molecule has 28 heavy (non-hydrogen) atoms. The summed E-state index contributed by atoms with van der Waals surface area (Å²) in [6.45, 7) is -0.155. The lowest BCUT2D eigenvalue weighted by Gasteiger charge is -2.11. The maximum atomic E-state index is 12.2. The Morgan fingerprint density at radius 2 is 1.82 bits per heavy atom. The molecule has 2 rings (SSSR count). The fourth-order valence-electron chi connectivity index (χ4n) is 2.15. The van der Waals surface area contributed by atoms with Gasteiger partial charge in [-0.3, -0.25) is 4.79 Å². The Morgan fingerprint density at radius 3 is 2.50 bits per heavy atom. The van der Waals surface area contributed by atoms with Gasteiger partial charge in [0.15, 0.2) is 13.2 Å². The Labute approximate surface area is 165 Å². The lowest BCUT2D eigenvalue weighted by atomic mass is 10.1. The number of esters is 1. The highest BCUT2D eigenvalue weighted by Gasteiger charge is 2.12. The third kappa shape index (κ3) is 6.70. The molecular weight excluding hydrogens is 396 g/mol. The first-order valence-corrected chi connectivity index (χ1v) is 8.52. The summed E-state index contributed by atoms with van der Waals surface area (Å²) in [6.07, 6.45) is 0. The quantitative estimate of drug-likeness (QED) is 0.659. The van der Waals surface area contributed by atoms with E-state index in [2.05, 4.69) is 10.1 Å². The Morgan fingerprint density at radius 1 is 1.07 bits per heavy atom. The van der Waals surface area contributed by atoms with Gasteiger partial charge in [-0.05, 0) is 49.2 Å². The molecule has 0 bridgehead atoms. The standard InChI is InChI=1S/C19H18ClF2NO5/c1-11-3-4-12(2)16(7-11)26-10-18(25)27-9-17(24)23-13-5-6-15(14(20)8-13)28-19(21)22/h3-8,19H,9-10H2,1-2H3,(H,23,24). The van der Waals surface area contributed by atoms with Crippen LogP contribution in [0.25, 0.3) is 0 Å². The van der Waals surface area contributed by atoms with Gasteiger partial charge < -0.3 is 19.5 Å². The molecular formula is C19H18ClF2NO5. The second kappa shape index (κ2) is 9.89. The number of alkyl halides is 2. The third-order valence-electron chi connectivity index (χ3n) is 3.49. The molecule has 150 valence electrons. The van der Waals surface area contributed by atoms with Crippen LogP contribution in [-0.2, 0) is 14.3 Å². The van der Waals surface area contributed by atoms with E-state index in [-0.39, 0.29) is 23.1 Å². The highest BCUT2D eigenvalue weighted by atomic mass is 35.5. The zero-order valence-corrected chi connectivity index (χ0v) is 15.9. The van der Waals surface area contributed by atoms with Gasteiger partial charge >= 0.3 is 12.6 Å². The van der Waals surface area contributed by atoms with E-state index < -0.39 is 25.1 Å². The fraction of sp³-hybridized carbons (Fsp3) is 0.263. The van der Waals surface area contributed by atoms with Crippen LogP contribution in [0.5, 0.6) is 11.5 Å². The molecule has 0 saturated carbocycles. The van der Waals surface area contributed by atoms with Gasteiger partial charge in [-0.1, -0.05) is 23.7 Å². The number of amides is 1. The van der Waals surface area contributed by atoms with Crippen molar-refractivity contribution in [3.8, 4) is 11.5 Å². The van der Waals surface area contributed by atoms with Crippen LogP contribution in [-0.4, -0.2) is 31.7 Å². The molecule has 0 spiro atoms. The van der Waals surface area contributed by atoms with Crippen LogP contribution in [0.15, 0.2) is 36.4 Å². The predicted octanol–water partition coefficient (Wildman–Crippen LogP) is 4.12. The van der Waals surface area contributed by atoms with E-state index >= 15 is 0 Å². The number of hydrogen-bond donors (Lipinski definition) is 1. The average Bonchev–Trinajstić information content (AvgIpc) is 2.62. The van der Waals surface area contributed by atoms with Gasteiger partial charge in [0.2, 0.25) is 0 Å². The zero-order chi connectivity index (χ0) is 20.7. The van der Waals surface area contributed by atoms with E-state index in [1.54, 1.807) is 6.07 Å². The molecule has 0 aliphatic carbocycles. The smallest absolute Gasteiger partial charge is 0.387 e. The van der Waals surface area contributed by atoms with Gasteiger partial charge in [0, 0.05) is 5.69 Å². The normalized spacial score (nSPS) is 10.5. The van der Waals surface area contributed by atoms with E-state index in [9.17, 15) is 18.4 Å². The first-order valence-electron chi connectivity index (χ1n) is 8.14. The van der Waals surface area contributed by atoms with Crippen molar-refractivity contribution >= 4 is 29.2 Å². The van der Waals surface area contributed by atoms with Crippen LogP contribution in [0, 0.1) is 13.8 Å². The van der Waals surface area contributed by atoms with Crippen LogP contribution in [0.3, 0.4) is 0 Å². The summed E-state index contributed by atoms with van der Waals surface area (Å²) in [6, 6.07) is 9.33. The van der Waals surface area contributed by atoms with Crippen LogP contribution < -0.4 is 14.8 Å². The van der Waals surface area contributed by atoms with Crippen LogP contribution in [0.2, 0.25) is 5.02 Å². The van der Waals surface area contributed by atoms with Crippen LogP contribution in [0.4, 0.5) is 14.5 Å². The number of nitrogens with one attached hydrogen (secondary N) is 1. The molecule has 1 N–H and O–H groups in total. The largest absolute Gasteiger partial charge is 0.482 e. The van der Waals surface area contributed by atoms with E-state index in [1.165, 1.54) is 18.2 Å². The number of halogens is 3. The fourth-order valence-corrected chi connectivity index (χ4v) is 2.38. The second-order valence-electron chi connectivity index (χ2n) is 5.79. The van der Waals surface area contributed by atoms with E-state index in [1.807, 2.05) is 26.0 Å². The van der Waals surface area contributed by atoms with Crippen LogP contribution >= 0.6 is 11.6 Å². The van der Waals surface area contributed by atoms with Crippen molar-refractivity contribution < 1.29 is 32.6 Å². The van der Waals surface area contributed by atoms with Gasteiger partial charge in [-0.25, -0.2) is 4.79 Å². The third-order valence-corrected chi connectivity index (χ3v) is 3.78. The minimum atomic E-state index is -3.01. The van der Waals surface area contributed by atoms with Crippen molar-refractivity contribution in [3.63, 3.8) is 0 Å². The molecule has 9 heteroatoms. The van der Waals surface area contributed by atoms with Crippen molar-refractivity contribution in [2.24, 2.45) is 0 Å². The summed E-state index contributed by atoms with van der Waals surface area (Å²) in [5, 5.41) is 2.32. The number of hydrogen-bond acceptors (Lipinski definition) is 5. The summed E-state index contributed by atoms with van der Waals surface area (Å²) in [4.78, 5) is 23.6. The zero-order valence-electron chi connectivity index (χ0n) is 15.1. The summed E-state index contributed by atoms with van der Waals surface area (Å²) in [5.41, 5.74) is 2.09. The summed E-state index contributed by atoms with van der Waals surface area (Å²) >= 11 is 5.80. The molecule has 0 aliphatic rings. The minimum absolute atomic E-state index is 0.1000. The van der Waals surface area contributed by atoms with Crippen LogP contribution in [0.1, 0.15) is 11.1 Å². The first-order chi connectivity index (χ1) is 13.2. The number of rotatable bonds is 8. The van der Waals surface area contributed by atoms with Crippen molar-refractivity contribution in [1.82, 2.24) is 0 Å². The molecule has 0 aromatic heterocycles. The van der Waals surface area contributed by atoms with Crippen molar-refractivity contribution in [2.45, 2.75) is 20.5 Å². The highest BCUT2D eigenvalue weighted by Crippen LogP contribution is 2.28. The average molecular weight is 414 g/mol. The highest BCUT2D eigenvalue weighted by molar-refractivity contribution is 6.32. The van der Waals surface area contributed by atoms with Gasteiger partial charge in [0.05, 0.1) is 5.02 Å². The Balaban J connectivity index is 1.79. The molecule has 0 unspecified atom stereocenters. The molecule has 2 aromatic carbocycles. The molecule has 0 radical (unpaired) electrons. The lowest BCUT2D eigenvalue weighted by molar-refractivity contribution is -0.149. The molecule has 0 heterocycles. The van der Waals surface area contributed by atoms with Gasteiger partial charge in [0.1, 0.15) is 11.5 Å². The first kappa shape index (κ1) is 21.4. The number of carbonyl (C=O) groups excluding carboxylic acids is 2. The number of anilines is 1. The number of carbonyl (C=O) groups is 2. The molecule has 2 aromatic rings. The summed E-state index contributed by atoms with van der Waals surface area (Å²) in [7, 11) is 0. The molecule has 0 saturated heterocycles.